The summed E-state index contributed by atoms with van der Waals surface area (Å²) in [5.41, 5.74) is 1.37. The minimum Gasteiger partial charge on any atom is -0.282 e. The number of hydrogen-bond acceptors (Lipinski definition) is 2. The maximum absolute atomic E-state index is 10.8. The van der Waals surface area contributed by atoms with Gasteiger partial charge in [0.05, 0.1) is 4.90 Å². The van der Waals surface area contributed by atoms with Crippen LogP contribution in [0.5, 0.6) is 0 Å². The molecule has 3 nitrogen and oxygen atoms in total. The molecule has 0 aliphatic carbocycles. The number of aryl methyl sites for hydroxylation is 2. The van der Waals surface area contributed by atoms with Crippen molar-refractivity contribution < 1.29 is 13.0 Å². The van der Waals surface area contributed by atoms with E-state index in [2.05, 4.69) is 0 Å². The van der Waals surface area contributed by atoms with Crippen molar-refractivity contribution in [2.45, 2.75) is 18.7 Å². The second-order valence-electron chi connectivity index (χ2n) is 2.74. The molecule has 0 saturated heterocycles. The molecule has 0 spiro atoms. The first-order valence-corrected chi connectivity index (χ1v) is 4.90. The molecular formula is C8H10BiO3S. The minimum atomic E-state index is -4.06. The van der Waals surface area contributed by atoms with E-state index in [1.54, 1.807) is 26.0 Å². The quantitative estimate of drug-likeness (QED) is 0.574. The Hall–Kier alpha value is 0.0131. The van der Waals surface area contributed by atoms with Crippen molar-refractivity contribution in [2.24, 2.45) is 0 Å². The van der Waals surface area contributed by atoms with Crippen molar-refractivity contribution in [3.05, 3.63) is 29.3 Å². The molecule has 0 fully saturated rings. The number of benzene rings is 1. The molecule has 1 N–H and O–H groups in total. The Labute approximate surface area is 97.0 Å². The van der Waals surface area contributed by atoms with E-state index in [-0.39, 0.29) is 31.1 Å². The van der Waals surface area contributed by atoms with Gasteiger partial charge in [-0.2, -0.15) is 8.42 Å². The fraction of sp³-hybridized carbons (Fsp3) is 0.250. The molecule has 0 amide bonds. The van der Waals surface area contributed by atoms with Gasteiger partial charge in [0, 0.05) is 26.2 Å². The standard InChI is InChI=1S/C8H10O3S.Bi/c1-6-3-4-7(2)8(5-6)12(9,10)11;/h3-5H,1-2H3,(H,9,10,11);. The van der Waals surface area contributed by atoms with E-state index >= 15 is 0 Å². The second-order valence-corrected chi connectivity index (χ2v) is 4.13. The largest absolute Gasteiger partial charge is 0.294 e. The molecule has 0 saturated carbocycles. The summed E-state index contributed by atoms with van der Waals surface area (Å²) in [6, 6.07) is 4.91. The average Bonchev–Trinajstić information content (AvgIpc) is 1.92. The molecule has 0 bridgehead atoms. The van der Waals surface area contributed by atoms with Gasteiger partial charge in [0.25, 0.3) is 10.1 Å². The molecule has 0 aliphatic rings. The Balaban J connectivity index is 0.00000144. The Bertz CT molecular complexity index is 398. The zero-order valence-corrected chi connectivity index (χ0v) is 11.6. The number of rotatable bonds is 1. The van der Waals surface area contributed by atoms with E-state index in [0.717, 1.165) is 5.56 Å². The zero-order valence-electron chi connectivity index (χ0n) is 7.35. The van der Waals surface area contributed by atoms with E-state index in [1.165, 1.54) is 6.07 Å². The summed E-state index contributed by atoms with van der Waals surface area (Å²) in [7, 11) is -4.06. The van der Waals surface area contributed by atoms with Crippen LogP contribution in [0.4, 0.5) is 0 Å². The van der Waals surface area contributed by atoms with Crippen LogP contribution in [0, 0.1) is 13.8 Å². The molecule has 5 heteroatoms. The van der Waals surface area contributed by atoms with Crippen LogP contribution in [0.1, 0.15) is 11.1 Å². The Morgan fingerprint density at radius 1 is 1.23 bits per heavy atom. The molecule has 0 atom stereocenters. The van der Waals surface area contributed by atoms with Gasteiger partial charge in [-0.05, 0) is 31.0 Å². The van der Waals surface area contributed by atoms with Crippen molar-refractivity contribution in [2.75, 3.05) is 0 Å². The summed E-state index contributed by atoms with van der Waals surface area (Å²) in [5, 5.41) is 0. The van der Waals surface area contributed by atoms with Crippen LogP contribution in [0.25, 0.3) is 0 Å². The molecular weight excluding hydrogens is 385 g/mol. The third kappa shape index (κ3) is 3.33. The van der Waals surface area contributed by atoms with Crippen molar-refractivity contribution in [1.29, 1.82) is 0 Å². The summed E-state index contributed by atoms with van der Waals surface area (Å²) < 4.78 is 30.3. The zero-order chi connectivity index (χ0) is 9.35. The third-order valence-corrected chi connectivity index (χ3v) is 2.62. The van der Waals surface area contributed by atoms with Crippen molar-refractivity contribution >= 4 is 36.3 Å². The van der Waals surface area contributed by atoms with Crippen LogP contribution in [-0.4, -0.2) is 39.2 Å². The Morgan fingerprint density at radius 3 is 2.15 bits per heavy atom. The van der Waals surface area contributed by atoms with Gasteiger partial charge in [-0.25, -0.2) is 0 Å². The topological polar surface area (TPSA) is 54.4 Å². The van der Waals surface area contributed by atoms with E-state index in [9.17, 15) is 8.42 Å². The maximum Gasteiger partial charge on any atom is 0.294 e. The normalized spacial score (nSPS) is 10.7. The average molecular weight is 395 g/mol. The van der Waals surface area contributed by atoms with Gasteiger partial charge in [-0.3, -0.25) is 4.55 Å². The summed E-state index contributed by atoms with van der Waals surface area (Å²) in [6.07, 6.45) is 0. The molecule has 1 aromatic carbocycles. The summed E-state index contributed by atoms with van der Waals surface area (Å²) in [6.45, 7) is 3.41. The number of hydrogen-bond donors (Lipinski definition) is 1. The van der Waals surface area contributed by atoms with Crippen molar-refractivity contribution in [1.82, 2.24) is 0 Å². The van der Waals surface area contributed by atoms with Gasteiger partial charge in [-0.15, -0.1) is 0 Å². The Kier molecular flexibility index (Phi) is 4.50. The van der Waals surface area contributed by atoms with E-state index in [4.69, 9.17) is 4.55 Å². The van der Waals surface area contributed by atoms with Crippen LogP contribution in [-0.2, 0) is 10.1 Å². The van der Waals surface area contributed by atoms with Crippen LogP contribution in [0.3, 0.4) is 0 Å². The fourth-order valence-corrected chi connectivity index (χ4v) is 1.79. The van der Waals surface area contributed by atoms with Gasteiger partial charge in [0.1, 0.15) is 0 Å². The molecule has 0 heterocycles. The van der Waals surface area contributed by atoms with Crippen molar-refractivity contribution in [3.8, 4) is 0 Å². The molecule has 1 aromatic rings. The molecule has 13 heavy (non-hydrogen) atoms. The van der Waals surface area contributed by atoms with E-state index in [1.807, 2.05) is 0 Å². The first kappa shape index (κ1) is 13.0. The maximum atomic E-state index is 10.8. The van der Waals surface area contributed by atoms with E-state index < -0.39 is 10.1 Å². The predicted octanol–water partition coefficient (Wildman–Crippen LogP) is 1.17. The van der Waals surface area contributed by atoms with Crippen molar-refractivity contribution in [3.63, 3.8) is 0 Å². The van der Waals surface area contributed by atoms with E-state index in [0.29, 0.717) is 5.56 Å². The monoisotopic (exact) mass is 395 g/mol. The SMILES string of the molecule is Cc1ccc(C)c(S(=O)(=O)O)c1.[Bi]. The Morgan fingerprint density at radius 2 is 1.77 bits per heavy atom. The predicted molar refractivity (Wildman–Crippen MR) is 51.5 cm³/mol. The van der Waals surface area contributed by atoms with Crippen LogP contribution in [0.2, 0.25) is 0 Å². The molecule has 0 unspecified atom stereocenters. The molecule has 1 rings (SSSR count). The summed E-state index contributed by atoms with van der Waals surface area (Å²) in [4.78, 5) is -0.0116. The molecule has 3 radical (unpaired) electrons. The molecule has 0 aliphatic heterocycles. The van der Waals surface area contributed by atoms with Gasteiger partial charge < -0.3 is 0 Å². The van der Waals surface area contributed by atoms with Gasteiger partial charge in [0.2, 0.25) is 0 Å². The molecule has 71 valence electrons. The van der Waals surface area contributed by atoms with Crippen LogP contribution < -0.4 is 0 Å². The fourth-order valence-electron chi connectivity index (χ4n) is 0.985. The summed E-state index contributed by atoms with van der Waals surface area (Å²) >= 11 is 0. The van der Waals surface area contributed by atoms with Gasteiger partial charge >= 0.3 is 0 Å². The first-order valence-electron chi connectivity index (χ1n) is 3.46. The smallest absolute Gasteiger partial charge is 0.282 e. The molecule has 0 aromatic heterocycles. The first-order chi connectivity index (χ1) is 5.41. The summed E-state index contributed by atoms with van der Waals surface area (Å²) in [5.74, 6) is 0. The third-order valence-electron chi connectivity index (χ3n) is 1.62. The van der Waals surface area contributed by atoms with Gasteiger partial charge in [-0.1, -0.05) is 12.1 Å². The van der Waals surface area contributed by atoms with Crippen LogP contribution in [0.15, 0.2) is 23.1 Å². The minimum absolute atomic E-state index is 0. The van der Waals surface area contributed by atoms with Gasteiger partial charge in [0.15, 0.2) is 0 Å². The second kappa shape index (κ2) is 4.49. The van der Waals surface area contributed by atoms with Crippen LogP contribution >= 0.6 is 0 Å².